The standard InChI is InChI=1S/C12H15N3/c1-15(10-3-2-4-10)11-6-5-9(8-13)12(14)7-11/h5-7,10H,2-4,14H2,1H3. The molecule has 0 saturated heterocycles. The van der Waals surface area contributed by atoms with Crippen LogP contribution < -0.4 is 10.6 Å². The molecule has 1 aromatic carbocycles. The molecular weight excluding hydrogens is 186 g/mol. The number of nitrogen functional groups attached to an aromatic ring is 1. The van der Waals surface area contributed by atoms with Crippen LogP contribution in [0.25, 0.3) is 0 Å². The lowest BCUT2D eigenvalue weighted by atomic mass is 9.91. The maximum Gasteiger partial charge on any atom is 0.101 e. The highest BCUT2D eigenvalue weighted by molar-refractivity contribution is 5.63. The summed E-state index contributed by atoms with van der Waals surface area (Å²) >= 11 is 0. The Kier molecular flexibility index (Phi) is 2.51. The zero-order chi connectivity index (χ0) is 10.8. The van der Waals surface area contributed by atoms with Gasteiger partial charge in [-0.15, -0.1) is 0 Å². The maximum absolute atomic E-state index is 8.77. The van der Waals surface area contributed by atoms with Crippen LogP contribution in [0.1, 0.15) is 24.8 Å². The lowest BCUT2D eigenvalue weighted by Gasteiger charge is -2.36. The van der Waals surface area contributed by atoms with Crippen molar-refractivity contribution in [3.63, 3.8) is 0 Å². The van der Waals surface area contributed by atoms with Gasteiger partial charge in [0.05, 0.1) is 11.3 Å². The molecule has 0 atom stereocenters. The fourth-order valence-corrected chi connectivity index (χ4v) is 1.86. The summed E-state index contributed by atoms with van der Waals surface area (Å²) in [6.07, 6.45) is 3.84. The highest BCUT2D eigenvalue weighted by atomic mass is 15.1. The molecule has 0 bridgehead atoms. The van der Waals surface area contributed by atoms with Gasteiger partial charge >= 0.3 is 0 Å². The minimum atomic E-state index is 0.556. The van der Waals surface area contributed by atoms with E-state index < -0.39 is 0 Å². The average Bonchev–Trinajstić information content (AvgIpc) is 2.15. The Bertz CT molecular complexity index is 402. The predicted molar refractivity (Wildman–Crippen MR) is 61.6 cm³/mol. The molecule has 0 radical (unpaired) electrons. The van der Waals surface area contributed by atoms with Gasteiger partial charge < -0.3 is 10.6 Å². The molecule has 0 amide bonds. The summed E-state index contributed by atoms with van der Waals surface area (Å²) in [6, 6.07) is 8.37. The van der Waals surface area contributed by atoms with Gasteiger partial charge in [0.25, 0.3) is 0 Å². The van der Waals surface area contributed by atoms with E-state index in [0.717, 1.165) is 5.69 Å². The summed E-state index contributed by atoms with van der Waals surface area (Å²) in [5, 5.41) is 8.77. The Balaban J connectivity index is 2.22. The van der Waals surface area contributed by atoms with E-state index in [1.54, 1.807) is 6.07 Å². The quantitative estimate of drug-likeness (QED) is 0.746. The molecule has 3 nitrogen and oxygen atoms in total. The van der Waals surface area contributed by atoms with Crippen molar-refractivity contribution < 1.29 is 0 Å². The second-order valence-electron chi connectivity index (χ2n) is 4.08. The fraction of sp³-hybridized carbons (Fsp3) is 0.417. The lowest BCUT2D eigenvalue weighted by molar-refractivity contribution is 0.401. The number of rotatable bonds is 2. The smallest absolute Gasteiger partial charge is 0.101 e. The summed E-state index contributed by atoms with van der Waals surface area (Å²) in [6.45, 7) is 0. The highest BCUT2D eigenvalue weighted by Gasteiger charge is 2.22. The molecule has 15 heavy (non-hydrogen) atoms. The van der Waals surface area contributed by atoms with Gasteiger partial charge in [-0.3, -0.25) is 0 Å². The minimum absolute atomic E-state index is 0.556. The van der Waals surface area contributed by atoms with Gasteiger partial charge in [0.2, 0.25) is 0 Å². The number of anilines is 2. The van der Waals surface area contributed by atoms with Crippen LogP contribution in [0.15, 0.2) is 18.2 Å². The van der Waals surface area contributed by atoms with Crippen molar-refractivity contribution in [2.75, 3.05) is 17.7 Å². The third-order valence-corrected chi connectivity index (χ3v) is 3.19. The zero-order valence-corrected chi connectivity index (χ0v) is 8.90. The molecule has 1 saturated carbocycles. The maximum atomic E-state index is 8.77. The van der Waals surface area contributed by atoms with E-state index in [1.165, 1.54) is 19.3 Å². The van der Waals surface area contributed by atoms with Gasteiger partial charge in [-0.05, 0) is 37.5 Å². The summed E-state index contributed by atoms with van der Waals surface area (Å²) in [4.78, 5) is 2.25. The molecule has 0 spiro atoms. The van der Waals surface area contributed by atoms with Crippen LogP contribution in [0, 0.1) is 11.3 Å². The van der Waals surface area contributed by atoms with Gasteiger partial charge in [0.1, 0.15) is 6.07 Å². The molecule has 1 aromatic rings. The molecule has 3 heteroatoms. The first-order valence-corrected chi connectivity index (χ1v) is 5.25. The SMILES string of the molecule is CN(c1ccc(C#N)c(N)c1)C1CCC1. The molecule has 0 unspecified atom stereocenters. The Labute approximate surface area is 90.1 Å². The summed E-state index contributed by atoms with van der Waals surface area (Å²) in [5.41, 5.74) is 8.01. The third-order valence-electron chi connectivity index (χ3n) is 3.19. The monoisotopic (exact) mass is 201 g/mol. The zero-order valence-electron chi connectivity index (χ0n) is 8.90. The molecule has 0 aromatic heterocycles. The summed E-state index contributed by atoms with van der Waals surface area (Å²) in [7, 11) is 2.09. The number of hydrogen-bond acceptors (Lipinski definition) is 3. The van der Waals surface area contributed by atoms with Crippen LogP contribution in [0.3, 0.4) is 0 Å². The van der Waals surface area contributed by atoms with Crippen molar-refractivity contribution in [1.82, 2.24) is 0 Å². The average molecular weight is 201 g/mol. The molecule has 1 aliphatic carbocycles. The van der Waals surface area contributed by atoms with Crippen LogP contribution in [0.2, 0.25) is 0 Å². The normalized spacial score (nSPS) is 15.5. The summed E-state index contributed by atoms with van der Waals surface area (Å²) in [5.74, 6) is 0. The number of nitriles is 1. The van der Waals surface area contributed by atoms with E-state index in [0.29, 0.717) is 17.3 Å². The van der Waals surface area contributed by atoms with Crippen LogP contribution in [-0.4, -0.2) is 13.1 Å². The minimum Gasteiger partial charge on any atom is -0.398 e. The topological polar surface area (TPSA) is 53.0 Å². The van der Waals surface area contributed by atoms with Gasteiger partial charge in [0, 0.05) is 18.8 Å². The first-order valence-electron chi connectivity index (χ1n) is 5.25. The van der Waals surface area contributed by atoms with Gasteiger partial charge in [-0.1, -0.05) is 0 Å². The molecule has 2 rings (SSSR count). The molecule has 1 aliphatic rings. The first kappa shape index (κ1) is 9.85. The second kappa shape index (κ2) is 3.82. The molecular formula is C12H15N3. The Morgan fingerprint density at radius 2 is 2.20 bits per heavy atom. The Morgan fingerprint density at radius 1 is 1.47 bits per heavy atom. The number of hydrogen-bond donors (Lipinski definition) is 1. The fourth-order valence-electron chi connectivity index (χ4n) is 1.86. The van der Waals surface area contributed by atoms with Crippen molar-refractivity contribution in [3.8, 4) is 6.07 Å². The van der Waals surface area contributed by atoms with Crippen LogP contribution >= 0.6 is 0 Å². The van der Waals surface area contributed by atoms with Crippen LogP contribution in [0.4, 0.5) is 11.4 Å². The van der Waals surface area contributed by atoms with Crippen molar-refractivity contribution >= 4 is 11.4 Å². The number of nitrogens with zero attached hydrogens (tertiary/aromatic N) is 2. The molecule has 0 aliphatic heterocycles. The largest absolute Gasteiger partial charge is 0.398 e. The third kappa shape index (κ3) is 1.75. The van der Waals surface area contributed by atoms with E-state index >= 15 is 0 Å². The number of nitrogens with two attached hydrogens (primary N) is 1. The predicted octanol–water partition coefficient (Wildman–Crippen LogP) is 2.13. The van der Waals surface area contributed by atoms with Crippen molar-refractivity contribution in [1.29, 1.82) is 5.26 Å². The van der Waals surface area contributed by atoms with Crippen molar-refractivity contribution in [2.24, 2.45) is 0 Å². The van der Waals surface area contributed by atoms with E-state index in [1.807, 2.05) is 12.1 Å². The molecule has 0 heterocycles. The van der Waals surface area contributed by atoms with E-state index in [2.05, 4.69) is 18.0 Å². The number of benzene rings is 1. The van der Waals surface area contributed by atoms with E-state index in [4.69, 9.17) is 11.0 Å². The first-order chi connectivity index (χ1) is 7.22. The molecule has 78 valence electrons. The van der Waals surface area contributed by atoms with Crippen molar-refractivity contribution in [3.05, 3.63) is 23.8 Å². The lowest BCUT2D eigenvalue weighted by Crippen LogP contribution is -2.37. The van der Waals surface area contributed by atoms with Gasteiger partial charge in [-0.25, -0.2) is 0 Å². The summed E-state index contributed by atoms with van der Waals surface area (Å²) < 4.78 is 0. The second-order valence-corrected chi connectivity index (χ2v) is 4.08. The highest BCUT2D eigenvalue weighted by Crippen LogP contribution is 2.29. The van der Waals surface area contributed by atoms with Gasteiger partial charge in [-0.2, -0.15) is 5.26 Å². The Hall–Kier alpha value is -1.69. The van der Waals surface area contributed by atoms with E-state index in [-0.39, 0.29) is 0 Å². The van der Waals surface area contributed by atoms with E-state index in [9.17, 15) is 0 Å². The van der Waals surface area contributed by atoms with Crippen LogP contribution in [-0.2, 0) is 0 Å². The molecule has 2 N–H and O–H groups in total. The van der Waals surface area contributed by atoms with Gasteiger partial charge in [0.15, 0.2) is 0 Å². The van der Waals surface area contributed by atoms with Crippen LogP contribution in [0.5, 0.6) is 0 Å². The Morgan fingerprint density at radius 3 is 2.67 bits per heavy atom. The molecule has 1 fully saturated rings. The van der Waals surface area contributed by atoms with Crippen molar-refractivity contribution in [2.45, 2.75) is 25.3 Å².